The molecule has 13 heteroatoms. The Labute approximate surface area is 212 Å². The van der Waals surface area contributed by atoms with Gasteiger partial charge >= 0.3 is 0 Å². The summed E-state index contributed by atoms with van der Waals surface area (Å²) < 4.78 is 72.8. The fraction of sp³-hybridized carbons (Fsp3) is 0.174. The second kappa shape index (κ2) is 10.5. The Kier molecular flexibility index (Phi) is 7.62. The molecule has 36 heavy (non-hydrogen) atoms. The third kappa shape index (κ3) is 5.85. The van der Waals surface area contributed by atoms with Crippen molar-refractivity contribution in [3.05, 3.63) is 83.1 Å². The van der Waals surface area contributed by atoms with Gasteiger partial charge in [0.2, 0.25) is 10.0 Å². The number of anilines is 2. The third-order valence-corrected chi connectivity index (χ3v) is 8.93. The molecule has 0 spiro atoms. The number of nitrogens with one attached hydrogen (secondary N) is 2. The van der Waals surface area contributed by atoms with Gasteiger partial charge in [0.15, 0.2) is 0 Å². The van der Waals surface area contributed by atoms with Crippen LogP contribution in [0, 0.1) is 5.82 Å². The van der Waals surface area contributed by atoms with Gasteiger partial charge in [0, 0.05) is 24.5 Å². The van der Waals surface area contributed by atoms with Crippen molar-refractivity contribution in [2.24, 2.45) is 0 Å². The summed E-state index contributed by atoms with van der Waals surface area (Å²) in [5, 5.41) is 2.64. The van der Waals surface area contributed by atoms with E-state index in [9.17, 15) is 26.0 Å². The molecule has 1 amide bonds. The topological polar surface area (TPSA) is 122 Å². The highest BCUT2D eigenvalue weighted by Crippen LogP contribution is 2.25. The minimum absolute atomic E-state index is 0.0520. The van der Waals surface area contributed by atoms with Crippen LogP contribution in [0.1, 0.15) is 10.4 Å². The quantitative estimate of drug-likeness (QED) is 0.461. The fourth-order valence-corrected chi connectivity index (χ4v) is 6.12. The van der Waals surface area contributed by atoms with Gasteiger partial charge in [-0.25, -0.2) is 21.2 Å². The van der Waals surface area contributed by atoms with Gasteiger partial charge in [-0.05, 0) is 66.7 Å². The first kappa shape index (κ1) is 26.0. The van der Waals surface area contributed by atoms with Crippen LogP contribution in [0.5, 0.6) is 0 Å². The molecule has 0 bridgehead atoms. The van der Waals surface area contributed by atoms with E-state index in [2.05, 4.69) is 10.0 Å². The van der Waals surface area contributed by atoms with E-state index in [1.807, 2.05) is 0 Å². The van der Waals surface area contributed by atoms with Crippen LogP contribution in [0.2, 0.25) is 5.02 Å². The standard InChI is InChI=1S/C23H21ClFN3O6S2/c24-22-10-9-20(36(32,33)28-11-13-34-14-12-28)15-21(22)23(29)26-17-5-7-19(8-6-17)35(30,31)27-18-3-1-16(25)2-4-18/h1-10,15,27H,11-14H2,(H,26,29). The summed E-state index contributed by atoms with van der Waals surface area (Å²) in [4.78, 5) is 12.7. The smallest absolute Gasteiger partial charge is 0.261 e. The Balaban J connectivity index is 1.49. The molecule has 1 aliphatic heterocycles. The first-order valence-electron chi connectivity index (χ1n) is 10.6. The Bertz CT molecular complexity index is 1480. The first-order valence-corrected chi connectivity index (χ1v) is 13.9. The normalized spacial score (nSPS) is 14.8. The van der Waals surface area contributed by atoms with Gasteiger partial charge in [-0.1, -0.05) is 11.6 Å². The predicted molar refractivity (Wildman–Crippen MR) is 133 cm³/mol. The molecule has 0 atom stereocenters. The number of halogens is 2. The van der Waals surface area contributed by atoms with Crippen molar-refractivity contribution < 1.29 is 30.8 Å². The van der Waals surface area contributed by atoms with E-state index in [-0.39, 0.29) is 58.1 Å². The molecule has 4 rings (SSSR count). The number of ether oxygens (including phenoxy) is 1. The molecule has 1 fully saturated rings. The summed E-state index contributed by atoms with van der Waals surface area (Å²) in [7, 11) is -7.79. The van der Waals surface area contributed by atoms with Crippen LogP contribution in [-0.4, -0.2) is 53.4 Å². The number of rotatable bonds is 7. The Hall–Kier alpha value is -3.03. The minimum atomic E-state index is -3.95. The van der Waals surface area contributed by atoms with E-state index in [1.54, 1.807) is 0 Å². The van der Waals surface area contributed by atoms with E-state index >= 15 is 0 Å². The van der Waals surface area contributed by atoms with Gasteiger partial charge in [0.05, 0.1) is 33.6 Å². The van der Waals surface area contributed by atoms with Gasteiger partial charge in [0.25, 0.3) is 15.9 Å². The molecule has 1 saturated heterocycles. The third-order valence-electron chi connectivity index (χ3n) is 5.31. The van der Waals surface area contributed by atoms with Gasteiger partial charge in [-0.3, -0.25) is 9.52 Å². The molecule has 0 aliphatic carbocycles. The molecule has 3 aromatic rings. The molecular weight excluding hydrogens is 533 g/mol. The van der Waals surface area contributed by atoms with Crippen molar-refractivity contribution in [2.75, 3.05) is 36.3 Å². The monoisotopic (exact) mass is 553 g/mol. The molecular formula is C23H21ClFN3O6S2. The van der Waals surface area contributed by atoms with Crippen LogP contribution >= 0.6 is 11.6 Å². The number of amides is 1. The highest BCUT2D eigenvalue weighted by atomic mass is 35.5. The zero-order chi connectivity index (χ0) is 25.9. The summed E-state index contributed by atoms with van der Waals surface area (Å²) in [5.74, 6) is -1.17. The fourth-order valence-electron chi connectivity index (χ4n) is 3.42. The number of nitrogens with zero attached hydrogens (tertiary/aromatic N) is 1. The van der Waals surface area contributed by atoms with E-state index in [0.29, 0.717) is 0 Å². The Morgan fingerprint density at radius 2 is 1.44 bits per heavy atom. The molecule has 190 valence electrons. The second-order valence-corrected chi connectivity index (χ2v) is 11.8. The lowest BCUT2D eigenvalue weighted by molar-refractivity contribution is 0.0730. The van der Waals surface area contributed by atoms with Crippen LogP contribution in [0.4, 0.5) is 15.8 Å². The summed E-state index contributed by atoms with van der Waals surface area (Å²) in [6, 6.07) is 14.0. The minimum Gasteiger partial charge on any atom is -0.379 e. The zero-order valence-electron chi connectivity index (χ0n) is 18.6. The maximum atomic E-state index is 13.0. The lowest BCUT2D eigenvalue weighted by Crippen LogP contribution is -2.40. The number of carbonyl (C=O) groups is 1. The molecule has 0 saturated carbocycles. The maximum absolute atomic E-state index is 13.0. The molecule has 0 radical (unpaired) electrons. The number of benzene rings is 3. The van der Waals surface area contributed by atoms with Crippen LogP contribution in [0.25, 0.3) is 0 Å². The highest BCUT2D eigenvalue weighted by Gasteiger charge is 2.27. The van der Waals surface area contributed by atoms with Gasteiger partial charge < -0.3 is 10.1 Å². The predicted octanol–water partition coefficient (Wildman–Crippen LogP) is 3.55. The summed E-state index contributed by atoms with van der Waals surface area (Å²) in [6.45, 7) is 0.978. The average Bonchev–Trinajstić information content (AvgIpc) is 2.86. The number of carbonyl (C=O) groups excluding carboxylic acids is 1. The number of sulfonamides is 2. The lowest BCUT2D eigenvalue weighted by atomic mass is 10.2. The van der Waals surface area contributed by atoms with Crippen molar-refractivity contribution in [3.8, 4) is 0 Å². The molecule has 2 N–H and O–H groups in total. The number of hydrogen-bond acceptors (Lipinski definition) is 6. The Morgan fingerprint density at radius 1 is 0.861 bits per heavy atom. The van der Waals surface area contributed by atoms with Crippen molar-refractivity contribution >= 4 is 48.9 Å². The summed E-state index contributed by atoms with van der Waals surface area (Å²) in [5.41, 5.74) is 0.397. The summed E-state index contributed by atoms with van der Waals surface area (Å²) in [6.07, 6.45) is 0. The van der Waals surface area contributed by atoms with Crippen LogP contribution in [-0.2, 0) is 24.8 Å². The van der Waals surface area contributed by atoms with Crippen molar-refractivity contribution in [1.82, 2.24) is 4.31 Å². The van der Waals surface area contributed by atoms with E-state index in [0.717, 1.165) is 12.1 Å². The van der Waals surface area contributed by atoms with E-state index in [1.165, 1.54) is 58.9 Å². The zero-order valence-corrected chi connectivity index (χ0v) is 21.0. The second-order valence-electron chi connectivity index (χ2n) is 7.75. The largest absolute Gasteiger partial charge is 0.379 e. The molecule has 1 aliphatic rings. The van der Waals surface area contributed by atoms with Gasteiger partial charge in [-0.2, -0.15) is 4.31 Å². The number of hydrogen-bond donors (Lipinski definition) is 2. The first-order chi connectivity index (χ1) is 17.1. The van der Waals surface area contributed by atoms with Gasteiger partial charge in [-0.15, -0.1) is 0 Å². The Morgan fingerprint density at radius 3 is 2.08 bits per heavy atom. The highest BCUT2D eigenvalue weighted by molar-refractivity contribution is 7.92. The average molecular weight is 554 g/mol. The molecule has 0 aromatic heterocycles. The molecule has 1 heterocycles. The maximum Gasteiger partial charge on any atom is 0.261 e. The van der Waals surface area contributed by atoms with Crippen LogP contribution in [0.3, 0.4) is 0 Å². The molecule has 3 aromatic carbocycles. The van der Waals surface area contributed by atoms with Crippen LogP contribution < -0.4 is 10.0 Å². The summed E-state index contributed by atoms with van der Waals surface area (Å²) >= 11 is 6.16. The van der Waals surface area contributed by atoms with E-state index in [4.69, 9.17) is 16.3 Å². The van der Waals surface area contributed by atoms with Crippen molar-refractivity contribution in [2.45, 2.75) is 9.79 Å². The van der Waals surface area contributed by atoms with Crippen molar-refractivity contribution in [1.29, 1.82) is 0 Å². The van der Waals surface area contributed by atoms with E-state index < -0.39 is 31.8 Å². The van der Waals surface area contributed by atoms with Gasteiger partial charge in [0.1, 0.15) is 5.82 Å². The molecule has 9 nitrogen and oxygen atoms in total. The molecule has 0 unspecified atom stereocenters. The number of morpholine rings is 1. The SMILES string of the molecule is O=C(Nc1ccc(S(=O)(=O)Nc2ccc(F)cc2)cc1)c1cc(S(=O)(=O)N2CCOCC2)ccc1Cl. The van der Waals surface area contributed by atoms with Crippen LogP contribution in [0.15, 0.2) is 76.5 Å². The lowest BCUT2D eigenvalue weighted by Gasteiger charge is -2.26. The van der Waals surface area contributed by atoms with Crippen molar-refractivity contribution in [3.63, 3.8) is 0 Å².